The molecule has 0 fully saturated rings. The number of carbonyl (C=O) groups is 2. The molecular weight excluding hydrogens is 367 g/mol. The third-order valence-electron chi connectivity index (χ3n) is 3.84. The predicted molar refractivity (Wildman–Crippen MR) is 91.0 cm³/mol. The van der Waals surface area contributed by atoms with Crippen LogP contribution >= 0.6 is 11.8 Å². The number of ketones is 2. The lowest BCUT2D eigenvalue weighted by Crippen LogP contribution is -2.26. The highest BCUT2D eigenvalue weighted by Crippen LogP contribution is 2.35. The Hall–Kier alpha value is -2.68. The van der Waals surface area contributed by atoms with Gasteiger partial charge in [-0.05, 0) is 36.9 Å². The van der Waals surface area contributed by atoms with Gasteiger partial charge in [-0.3, -0.25) is 9.59 Å². The molecule has 1 aliphatic carbocycles. The summed E-state index contributed by atoms with van der Waals surface area (Å²) in [6.07, 6.45) is -0.398. The van der Waals surface area contributed by atoms with Crippen molar-refractivity contribution in [3.05, 3.63) is 63.7 Å². The van der Waals surface area contributed by atoms with Crippen molar-refractivity contribution in [3.63, 3.8) is 0 Å². The highest BCUT2D eigenvalue weighted by molar-refractivity contribution is 8.03. The van der Waals surface area contributed by atoms with Crippen molar-refractivity contribution in [3.8, 4) is 0 Å². The number of Topliss-reactive ketones (excluding diaryl/α,β-unsaturated/α-hetero) is 2. The summed E-state index contributed by atoms with van der Waals surface area (Å²) in [5, 5.41) is 2.79. The van der Waals surface area contributed by atoms with Crippen LogP contribution in [0.5, 0.6) is 0 Å². The molecule has 1 aromatic carbocycles. The summed E-state index contributed by atoms with van der Waals surface area (Å²) in [5.74, 6) is -0.914. The molecule has 1 heterocycles. The van der Waals surface area contributed by atoms with Gasteiger partial charge in [0.15, 0.2) is 0 Å². The Morgan fingerprint density at radius 3 is 2.50 bits per heavy atom. The van der Waals surface area contributed by atoms with Crippen molar-refractivity contribution in [2.24, 2.45) is 0 Å². The number of hydrogen-bond donors (Lipinski definition) is 1. The fourth-order valence-corrected chi connectivity index (χ4v) is 3.28. The molecule has 0 unspecified atom stereocenters. The van der Waals surface area contributed by atoms with E-state index in [1.165, 1.54) is 31.6 Å². The normalized spacial score (nSPS) is 14.5. The van der Waals surface area contributed by atoms with Gasteiger partial charge < -0.3 is 5.32 Å². The van der Waals surface area contributed by atoms with Gasteiger partial charge in [-0.25, -0.2) is 9.97 Å². The number of halogens is 3. The van der Waals surface area contributed by atoms with E-state index < -0.39 is 23.3 Å². The lowest BCUT2D eigenvalue weighted by Gasteiger charge is -2.20. The van der Waals surface area contributed by atoms with E-state index >= 15 is 0 Å². The smallest absolute Gasteiger partial charge is 0.351 e. The summed E-state index contributed by atoms with van der Waals surface area (Å²) in [6, 6.07) is 3.43. The number of rotatable bonds is 3. The van der Waals surface area contributed by atoms with Gasteiger partial charge in [0.1, 0.15) is 17.7 Å². The van der Waals surface area contributed by atoms with Crippen LogP contribution in [-0.4, -0.2) is 27.8 Å². The van der Waals surface area contributed by atoms with Crippen LogP contribution in [0.25, 0.3) is 0 Å². The first kappa shape index (κ1) is 18.1. The lowest BCUT2D eigenvalue weighted by atomic mass is 9.98. The fourth-order valence-electron chi connectivity index (χ4n) is 2.65. The zero-order chi connectivity index (χ0) is 19.1. The van der Waals surface area contributed by atoms with E-state index in [9.17, 15) is 22.8 Å². The fraction of sp³-hybridized carbons (Fsp3) is 0.176. The Balaban J connectivity index is 2.02. The number of benzene rings is 1. The van der Waals surface area contributed by atoms with Crippen LogP contribution in [0.1, 0.15) is 32.0 Å². The zero-order valence-electron chi connectivity index (χ0n) is 13.6. The van der Waals surface area contributed by atoms with Crippen molar-refractivity contribution < 1.29 is 22.8 Å². The quantitative estimate of drug-likeness (QED) is 0.873. The molecule has 1 aliphatic rings. The Morgan fingerprint density at radius 1 is 1.15 bits per heavy atom. The maximum absolute atomic E-state index is 12.9. The largest absolute Gasteiger partial charge is 0.416 e. The monoisotopic (exact) mass is 379 g/mol. The van der Waals surface area contributed by atoms with E-state index in [4.69, 9.17) is 0 Å². The standard InChI is InChI=1S/C17H12F3N3O2S/c1-8-5-9(3-4-11(8)17(18,19)20)23-13-14(24)10-6-21-7-22-12(10)15(25)16(13)26-2/h3-7,23H,1-2H3. The molecule has 1 aromatic heterocycles. The molecule has 26 heavy (non-hydrogen) atoms. The summed E-state index contributed by atoms with van der Waals surface area (Å²) in [4.78, 5) is 33.0. The summed E-state index contributed by atoms with van der Waals surface area (Å²) >= 11 is 1.07. The number of aromatic nitrogens is 2. The number of aryl methyl sites for hydroxylation is 1. The highest BCUT2D eigenvalue weighted by atomic mass is 32.2. The first-order chi connectivity index (χ1) is 12.2. The van der Waals surface area contributed by atoms with Gasteiger partial charge in [0.2, 0.25) is 11.6 Å². The summed E-state index contributed by atoms with van der Waals surface area (Å²) in [5.41, 5.74) is -0.397. The second kappa shape index (κ2) is 6.56. The maximum atomic E-state index is 12.9. The number of nitrogens with one attached hydrogen (secondary N) is 1. The average molecular weight is 379 g/mol. The Morgan fingerprint density at radius 2 is 1.88 bits per heavy atom. The number of allylic oxidation sites excluding steroid dienone is 2. The van der Waals surface area contributed by atoms with E-state index in [0.29, 0.717) is 0 Å². The Kier molecular flexibility index (Phi) is 4.57. The lowest BCUT2D eigenvalue weighted by molar-refractivity contribution is -0.138. The van der Waals surface area contributed by atoms with E-state index in [2.05, 4.69) is 15.3 Å². The molecule has 134 valence electrons. The number of hydrogen-bond acceptors (Lipinski definition) is 6. The minimum atomic E-state index is -4.46. The third-order valence-corrected chi connectivity index (χ3v) is 4.64. The molecule has 3 rings (SSSR count). The number of fused-ring (bicyclic) bond motifs is 1. The summed E-state index contributed by atoms with van der Waals surface area (Å²) in [6.45, 7) is 1.33. The van der Waals surface area contributed by atoms with Gasteiger partial charge >= 0.3 is 6.18 Å². The van der Waals surface area contributed by atoms with Crippen LogP contribution in [0.15, 0.2) is 41.3 Å². The van der Waals surface area contributed by atoms with Crippen molar-refractivity contribution in [1.82, 2.24) is 9.97 Å². The van der Waals surface area contributed by atoms with Gasteiger partial charge in [-0.1, -0.05) is 0 Å². The Bertz CT molecular complexity index is 955. The molecule has 0 spiro atoms. The highest BCUT2D eigenvalue weighted by Gasteiger charge is 2.34. The van der Waals surface area contributed by atoms with Crippen LogP contribution in [0.2, 0.25) is 0 Å². The number of thioether (sulfide) groups is 1. The molecule has 9 heteroatoms. The van der Waals surface area contributed by atoms with Crippen LogP contribution in [0, 0.1) is 6.92 Å². The average Bonchev–Trinajstić information content (AvgIpc) is 2.59. The molecule has 0 saturated heterocycles. The van der Waals surface area contributed by atoms with E-state index in [0.717, 1.165) is 17.8 Å². The van der Waals surface area contributed by atoms with Gasteiger partial charge in [0, 0.05) is 11.9 Å². The van der Waals surface area contributed by atoms with Gasteiger partial charge in [-0.2, -0.15) is 13.2 Å². The molecule has 0 bridgehead atoms. The molecule has 0 amide bonds. The van der Waals surface area contributed by atoms with E-state index in [1.54, 1.807) is 6.26 Å². The number of anilines is 1. The minimum Gasteiger partial charge on any atom is -0.351 e. The predicted octanol–water partition coefficient (Wildman–Crippen LogP) is 3.87. The molecule has 0 radical (unpaired) electrons. The van der Waals surface area contributed by atoms with Crippen molar-refractivity contribution >= 4 is 29.0 Å². The summed E-state index contributed by atoms with van der Waals surface area (Å²) in [7, 11) is 0. The number of alkyl halides is 3. The van der Waals surface area contributed by atoms with Gasteiger partial charge in [0.25, 0.3) is 0 Å². The first-order valence-corrected chi connectivity index (χ1v) is 8.59. The first-order valence-electron chi connectivity index (χ1n) is 7.36. The SMILES string of the molecule is CSC1=C(Nc2ccc(C(F)(F)F)c(C)c2)C(=O)c2cncnc2C1=O. The van der Waals surface area contributed by atoms with Crippen LogP contribution in [0.4, 0.5) is 18.9 Å². The second-order valence-corrected chi connectivity index (χ2v) is 6.32. The molecule has 1 N–H and O–H groups in total. The van der Waals surface area contributed by atoms with Gasteiger partial charge in [0.05, 0.1) is 16.0 Å². The third kappa shape index (κ3) is 3.10. The summed E-state index contributed by atoms with van der Waals surface area (Å²) < 4.78 is 38.7. The van der Waals surface area contributed by atoms with Crippen molar-refractivity contribution in [1.29, 1.82) is 0 Å². The van der Waals surface area contributed by atoms with Gasteiger partial charge in [-0.15, -0.1) is 11.8 Å². The molecule has 5 nitrogen and oxygen atoms in total. The molecule has 0 atom stereocenters. The van der Waals surface area contributed by atoms with Crippen molar-refractivity contribution in [2.45, 2.75) is 13.1 Å². The Labute approximate surface area is 150 Å². The number of carbonyl (C=O) groups excluding carboxylic acids is 2. The van der Waals surface area contributed by atoms with Crippen molar-refractivity contribution in [2.75, 3.05) is 11.6 Å². The molecule has 2 aromatic rings. The van der Waals surface area contributed by atoms with E-state index in [-0.39, 0.29) is 33.1 Å². The topological polar surface area (TPSA) is 72.0 Å². The van der Waals surface area contributed by atoms with Crippen LogP contribution < -0.4 is 5.32 Å². The molecule has 0 saturated carbocycles. The van der Waals surface area contributed by atoms with E-state index in [1.807, 2.05) is 0 Å². The molecule has 0 aliphatic heterocycles. The maximum Gasteiger partial charge on any atom is 0.416 e. The number of nitrogens with zero attached hydrogens (tertiary/aromatic N) is 2. The zero-order valence-corrected chi connectivity index (χ0v) is 14.5. The van der Waals surface area contributed by atoms with Crippen LogP contribution in [0.3, 0.4) is 0 Å². The van der Waals surface area contributed by atoms with Crippen LogP contribution in [-0.2, 0) is 6.18 Å². The second-order valence-electron chi connectivity index (χ2n) is 5.50. The minimum absolute atomic E-state index is 0.00367. The molecular formula is C17H12F3N3O2S.